The Hall–Kier alpha value is -2.43. The number of anilines is 1. The normalized spacial score (nSPS) is 12.4. The van der Waals surface area contributed by atoms with E-state index < -0.39 is 0 Å². The van der Waals surface area contributed by atoms with E-state index in [0.717, 1.165) is 22.2 Å². The molecule has 0 saturated heterocycles. The maximum absolute atomic E-state index is 5.81. The van der Waals surface area contributed by atoms with Crippen molar-refractivity contribution >= 4 is 22.4 Å². The molecular formula is C12H13N5. The van der Waals surface area contributed by atoms with E-state index in [1.165, 1.54) is 12.5 Å². The average molecular weight is 227 g/mol. The molecule has 0 atom stereocenters. The molecule has 17 heavy (non-hydrogen) atoms. The Bertz CT molecular complexity index is 601. The van der Waals surface area contributed by atoms with Gasteiger partial charge in [0, 0.05) is 18.0 Å². The van der Waals surface area contributed by atoms with Gasteiger partial charge in [-0.3, -0.25) is 4.99 Å². The van der Waals surface area contributed by atoms with Crippen molar-refractivity contribution in [1.82, 2.24) is 9.97 Å². The number of hydrogen-bond donors (Lipinski definition) is 2. The number of rotatable bonds is 2. The van der Waals surface area contributed by atoms with Crippen molar-refractivity contribution in [3.8, 4) is 0 Å². The fourth-order valence-electron chi connectivity index (χ4n) is 1.63. The van der Waals surface area contributed by atoms with Crippen LogP contribution in [0.5, 0.6) is 0 Å². The summed E-state index contributed by atoms with van der Waals surface area (Å²) in [7, 11) is 1.71. The Labute approximate surface area is 98.9 Å². The minimum Gasteiger partial charge on any atom is -0.405 e. The van der Waals surface area contributed by atoms with Gasteiger partial charge < -0.3 is 11.5 Å². The van der Waals surface area contributed by atoms with Gasteiger partial charge >= 0.3 is 0 Å². The van der Waals surface area contributed by atoms with E-state index in [2.05, 4.69) is 15.0 Å². The van der Waals surface area contributed by atoms with Gasteiger partial charge in [-0.05, 0) is 24.4 Å². The van der Waals surface area contributed by atoms with Crippen LogP contribution in [-0.2, 0) is 0 Å². The van der Waals surface area contributed by atoms with Crippen LogP contribution >= 0.6 is 0 Å². The van der Waals surface area contributed by atoms with E-state index in [1.54, 1.807) is 13.1 Å². The Morgan fingerprint density at radius 1 is 1.35 bits per heavy atom. The van der Waals surface area contributed by atoms with E-state index >= 15 is 0 Å². The minimum atomic E-state index is 0.462. The largest absolute Gasteiger partial charge is 0.405 e. The molecule has 0 bridgehead atoms. The number of aromatic nitrogens is 2. The number of nitrogen functional groups attached to an aromatic ring is 1. The quantitative estimate of drug-likeness (QED) is 0.752. The summed E-state index contributed by atoms with van der Waals surface area (Å²) < 4.78 is 0. The highest BCUT2D eigenvalue weighted by atomic mass is 14.9. The van der Waals surface area contributed by atoms with Crippen LogP contribution in [0.1, 0.15) is 5.56 Å². The van der Waals surface area contributed by atoms with Gasteiger partial charge in [-0.2, -0.15) is 0 Å². The molecule has 5 nitrogen and oxygen atoms in total. The zero-order valence-corrected chi connectivity index (χ0v) is 9.46. The van der Waals surface area contributed by atoms with Crippen LogP contribution < -0.4 is 11.5 Å². The van der Waals surface area contributed by atoms with E-state index in [-0.39, 0.29) is 0 Å². The lowest BCUT2D eigenvalue weighted by Gasteiger charge is -2.04. The molecular weight excluding hydrogens is 214 g/mol. The third-order valence-corrected chi connectivity index (χ3v) is 2.46. The van der Waals surface area contributed by atoms with Gasteiger partial charge in [-0.15, -0.1) is 0 Å². The molecule has 0 unspecified atom stereocenters. The Balaban J connectivity index is 2.62. The second kappa shape index (κ2) is 4.61. The van der Waals surface area contributed by atoms with Crippen LogP contribution in [0.2, 0.25) is 0 Å². The molecule has 5 heteroatoms. The third-order valence-electron chi connectivity index (χ3n) is 2.46. The second-order valence-corrected chi connectivity index (χ2v) is 3.46. The molecule has 0 aliphatic heterocycles. The van der Waals surface area contributed by atoms with Crippen LogP contribution in [0.4, 0.5) is 5.82 Å². The Kier molecular flexibility index (Phi) is 3.00. The number of hydrogen-bond acceptors (Lipinski definition) is 5. The number of allylic oxidation sites excluding steroid dienone is 1. The highest BCUT2D eigenvalue weighted by Crippen LogP contribution is 2.18. The van der Waals surface area contributed by atoms with E-state index in [0.29, 0.717) is 5.82 Å². The van der Waals surface area contributed by atoms with Crippen molar-refractivity contribution in [2.45, 2.75) is 0 Å². The fourth-order valence-corrected chi connectivity index (χ4v) is 1.63. The van der Waals surface area contributed by atoms with Gasteiger partial charge in [-0.1, -0.05) is 6.07 Å². The summed E-state index contributed by atoms with van der Waals surface area (Å²) in [5.41, 5.74) is 13.7. The summed E-state index contributed by atoms with van der Waals surface area (Å²) in [5, 5.41) is 0.816. The third kappa shape index (κ3) is 2.08. The fraction of sp³-hybridized carbons (Fsp3) is 0.0833. The highest BCUT2D eigenvalue weighted by molar-refractivity contribution is 6.10. The zero-order valence-electron chi connectivity index (χ0n) is 9.46. The molecule has 0 amide bonds. The molecule has 0 fully saturated rings. The second-order valence-electron chi connectivity index (χ2n) is 3.46. The first kappa shape index (κ1) is 11.1. The molecule has 86 valence electrons. The van der Waals surface area contributed by atoms with Gasteiger partial charge in [0.15, 0.2) is 0 Å². The van der Waals surface area contributed by atoms with Crippen LogP contribution in [0.25, 0.3) is 10.9 Å². The molecule has 1 aromatic carbocycles. The van der Waals surface area contributed by atoms with Crippen molar-refractivity contribution in [3.05, 3.63) is 42.4 Å². The van der Waals surface area contributed by atoms with Gasteiger partial charge in [0.25, 0.3) is 0 Å². The molecule has 0 radical (unpaired) electrons. The van der Waals surface area contributed by atoms with E-state index in [1.807, 2.05) is 18.2 Å². The van der Waals surface area contributed by atoms with E-state index in [4.69, 9.17) is 11.5 Å². The van der Waals surface area contributed by atoms with Crippen molar-refractivity contribution < 1.29 is 0 Å². The highest BCUT2D eigenvalue weighted by Gasteiger charge is 2.04. The van der Waals surface area contributed by atoms with Crippen molar-refractivity contribution in [2.24, 2.45) is 10.7 Å². The number of aliphatic imine (C=N–C) groups is 1. The molecule has 2 rings (SSSR count). The molecule has 2 aromatic rings. The van der Waals surface area contributed by atoms with Crippen molar-refractivity contribution in [2.75, 3.05) is 12.8 Å². The van der Waals surface area contributed by atoms with E-state index in [9.17, 15) is 0 Å². The summed E-state index contributed by atoms with van der Waals surface area (Å²) in [6.07, 6.45) is 4.64. The number of nitrogens with two attached hydrogens (primary N) is 2. The first-order valence-corrected chi connectivity index (χ1v) is 5.12. The van der Waals surface area contributed by atoms with Gasteiger partial charge in [-0.25, -0.2) is 9.97 Å². The minimum absolute atomic E-state index is 0.462. The lowest BCUT2D eigenvalue weighted by molar-refractivity contribution is 1.23. The Morgan fingerprint density at radius 2 is 2.18 bits per heavy atom. The molecule has 1 heterocycles. The van der Waals surface area contributed by atoms with Crippen LogP contribution in [0, 0.1) is 0 Å². The van der Waals surface area contributed by atoms with Gasteiger partial charge in [0.2, 0.25) is 0 Å². The number of benzene rings is 1. The molecule has 4 N–H and O–H groups in total. The topological polar surface area (TPSA) is 90.2 Å². The van der Waals surface area contributed by atoms with Crippen LogP contribution in [-0.4, -0.2) is 22.7 Å². The van der Waals surface area contributed by atoms with Gasteiger partial charge in [0.1, 0.15) is 12.1 Å². The molecule has 0 aliphatic carbocycles. The summed E-state index contributed by atoms with van der Waals surface area (Å²) >= 11 is 0. The lowest BCUT2D eigenvalue weighted by atomic mass is 10.1. The van der Waals surface area contributed by atoms with Crippen LogP contribution in [0.3, 0.4) is 0 Å². The maximum atomic E-state index is 5.81. The molecule has 0 spiro atoms. The van der Waals surface area contributed by atoms with Crippen molar-refractivity contribution in [1.29, 1.82) is 0 Å². The molecule has 0 saturated carbocycles. The molecule has 1 aromatic heterocycles. The van der Waals surface area contributed by atoms with Crippen molar-refractivity contribution in [3.63, 3.8) is 0 Å². The predicted octanol–water partition coefficient (Wildman–Crippen LogP) is 1.10. The average Bonchev–Trinajstić information content (AvgIpc) is 2.36. The number of fused-ring (bicyclic) bond motifs is 1. The summed E-state index contributed by atoms with van der Waals surface area (Å²) in [5.74, 6) is 0.462. The smallest absolute Gasteiger partial charge is 0.134 e. The maximum Gasteiger partial charge on any atom is 0.134 e. The lowest BCUT2D eigenvalue weighted by Crippen LogP contribution is -2.00. The predicted molar refractivity (Wildman–Crippen MR) is 69.7 cm³/mol. The standard InChI is InChI=1S/C12H13N5/c1-15-10(4-5-13)8-2-3-11-9(6-8)12(14)17-7-16-11/h2-7H,13H2,1H3,(H2,14,16,17). The summed E-state index contributed by atoms with van der Waals surface area (Å²) in [6.45, 7) is 0. The first-order valence-electron chi connectivity index (χ1n) is 5.12. The SMILES string of the molecule is CN=C(C=CN)c1ccc2ncnc(N)c2c1. The summed E-state index contributed by atoms with van der Waals surface area (Å²) in [6, 6.07) is 5.72. The zero-order chi connectivity index (χ0) is 12.3. The van der Waals surface area contributed by atoms with Gasteiger partial charge in [0.05, 0.1) is 11.2 Å². The summed E-state index contributed by atoms with van der Waals surface area (Å²) in [4.78, 5) is 12.3. The molecule has 0 aliphatic rings. The Morgan fingerprint density at radius 3 is 2.88 bits per heavy atom. The first-order chi connectivity index (χ1) is 8.26. The van der Waals surface area contributed by atoms with Crippen LogP contribution in [0.15, 0.2) is 41.8 Å². The monoisotopic (exact) mass is 227 g/mol. The number of nitrogens with zero attached hydrogens (tertiary/aromatic N) is 3.